The molecule has 0 aliphatic rings. The molecule has 1 aromatic rings. The third-order valence-corrected chi connectivity index (χ3v) is 1.57. The van der Waals surface area contributed by atoms with E-state index in [4.69, 9.17) is 0 Å². The van der Waals surface area contributed by atoms with E-state index >= 15 is 0 Å². The van der Waals surface area contributed by atoms with Gasteiger partial charge in [-0.3, -0.25) is 0 Å². The molecule has 0 aliphatic carbocycles. The van der Waals surface area contributed by atoms with E-state index in [1.807, 2.05) is 0 Å². The van der Waals surface area contributed by atoms with E-state index < -0.39 is 34.8 Å². The van der Waals surface area contributed by atoms with Crippen LogP contribution in [0, 0.1) is 29.1 Å². The van der Waals surface area contributed by atoms with Gasteiger partial charge in [-0.05, 0) is 0 Å². The lowest BCUT2D eigenvalue weighted by molar-refractivity contribution is 0.358. The average molecular weight is 263 g/mol. The summed E-state index contributed by atoms with van der Waals surface area (Å²) in [4.78, 5) is 0. The van der Waals surface area contributed by atoms with Crippen LogP contribution in [-0.2, 0) is 0 Å². The van der Waals surface area contributed by atoms with Crippen molar-refractivity contribution in [2.75, 3.05) is 0 Å². The number of hydrogen-bond donors (Lipinski definition) is 0. The van der Waals surface area contributed by atoms with Crippen molar-refractivity contribution < 1.29 is 25.8 Å². The fraction of sp³-hybridized carbons (Fsp3) is 0. The predicted octanol–water partition coefficient (Wildman–Crippen LogP) is 3.07. The van der Waals surface area contributed by atoms with Gasteiger partial charge in [-0.1, -0.05) is 0 Å². The smallest absolute Gasteiger partial charge is 0.214 e. The number of rotatable bonds is 1. The van der Waals surface area contributed by atoms with Crippen LogP contribution in [0.3, 0.4) is 0 Å². The topological polar surface area (TPSA) is 9.23 Å². The highest BCUT2D eigenvalue weighted by Gasteiger charge is 2.26. The van der Waals surface area contributed by atoms with Gasteiger partial charge in [0.1, 0.15) is 0 Å². The molecule has 0 saturated carbocycles. The van der Waals surface area contributed by atoms with Crippen molar-refractivity contribution in [1.82, 2.24) is 0 Å². The van der Waals surface area contributed by atoms with E-state index in [0.29, 0.717) is 0 Å². The molecule has 0 fully saturated rings. The lowest BCUT2D eigenvalue weighted by atomic mass is 10.3. The number of hydrogen-bond acceptors (Lipinski definition) is 1. The van der Waals surface area contributed by atoms with E-state index in [9.17, 15) is 22.0 Å². The van der Waals surface area contributed by atoms with Gasteiger partial charge in [0, 0.05) is 0 Å². The van der Waals surface area contributed by atoms with Gasteiger partial charge in [-0.15, -0.1) is 0 Å². The van der Waals surface area contributed by atoms with Crippen LogP contribution in [-0.4, -0.2) is 0 Å². The maximum Gasteiger partial charge on any atom is 0.214 e. The molecule has 1 aromatic carbocycles. The Bertz CT molecular complexity index is 324. The summed E-state index contributed by atoms with van der Waals surface area (Å²) in [6.07, 6.45) is 0. The lowest BCUT2D eigenvalue weighted by Gasteiger charge is -2.03. The lowest BCUT2D eigenvalue weighted by Crippen LogP contribution is -2.02. The maximum atomic E-state index is 12.5. The van der Waals surface area contributed by atoms with Gasteiger partial charge in [0.05, 0.1) is 0 Å². The van der Waals surface area contributed by atoms with Crippen molar-refractivity contribution in [3.8, 4) is 5.75 Å². The second-order valence-electron chi connectivity index (χ2n) is 1.98. The Balaban J connectivity index is 3.56. The molecule has 0 unspecified atom stereocenters. The van der Waals surface area contributed by atoms with Crippen molar-refractivity contribution >= 4 is 16.3 Å². The van der Waals surface area contributed by atoms with E-state index in [1.54, 1.807) is 0 Å². The maximum absolute atomic E-state index is 12.5. The Morgan fingerprint density at radius 3 is 1.31 bits per heavy atom. The van der Waals surface area contributed by atoms with Crippen molar-refractivity contribution in [2.45, 2.75) is 0 Å². The molecular weight excluding hydrogens is 263 g/mol. The minimum Gasteiger partial charge on any atom is -0.411 e. The van der Waals surface area contributed by atoms with E-state index in [1.165, 1.54) is 0 Å². The Labute approximate surface area is 77.6 Å². The van der Waals surface area contributed by atoms with Gasteiger partial charge in [-0.2, -0.15) is 8.78 Å². The summed E-state index contributed by atoms with van der Waals surface area (Å²) in [6, 6.07) is 0. The minimum atomic E-state index is -2.22. The largest absolute Gasteiger partial charge is 0.411 e. The summed E-state index contributed by atoms with van der Waals surface area (Å²) in [5.41, 5.74) is 0. The van der Waals surface area contributed by atoms with Crippen LogP contribution in [0.4, 0.5) is 22.0 Å². The number of halogens is 6. The molecule has 0 aliphatic heterocycles. The first-order valence-electron chi connectivity index (χ1n) is 2.80. The van der Waals surface area contributed by atoms with E-state index in [-0.39, 0.29) is 0 Å². The number of benzene rings is 1. The highest BCUT2D eigenvalue weighted by Crippen LogP contribution is 2.29. The van der Waals surface area contributed by atoms with Crippen LogP contribution in [0.15, 0.2) is 0 Å². The zero-order chi connectivity index (χ0) is 10.2. The van der Waals surface area contributed by atoms with Gasteiger partial charge in [0.15, 0.2) is 16.3 Å². The third-order valence-electron chi connectivity index (χ3n) is 1.25. The van der Waals surface area contributed by atoms with Gasteiger partial charge in [0.2, 0.25) is 34.8 Å². The molecule has 72 valence electrons. The fourth-order valence-electron chi connectivity index (χ4n) is 0.652. The zero-order valence-electron chi connectivity index (χ0n) is 5.68. The summed E-state index contributed by atoms with van der Waals surface area (Å²) in [5.74, 6) is -11.7. The Hall–Kier alpha value is -0.850. The molecule has 0 saturated heterocycles. The Morgan fingerprint density at radius 1 is 0.692 bits per heavy atom. The molecule has 1 rings (SSSR count). The molecule has 7 heteroatoms. The summed E-state index contributed by atoms with van der Waals surface area (Å²) in [5, 5.41) is 0. The molecule has 0 amide bonds. The predicted molar refractivity (Wildman–Crippen MR) is 35.8 cm³/mol. The third kappa shape index (κ3) is 1.48. The van der Waals surface area contributed by atoms with Gasteiger partial charge in [-0.25, -0.2) is 13.2 Å². The molecular formula is C6BrF5O. The minimum absolute atomic E-state index is 1.36. The standard InChI is InChI=1S/C6BrF5O/c7-13-6-4(11)2(9)1(8)3(10)5(6)12. The molecule has 0 N–H and O–H groups in total. The van der Waals surface area contributed by atoms with Gasteiger partial charge >= 0.3 is 0 Å². The van der Waals surface area contributed by atoms with Crippen LogP contribution in [0.5, 0.6) is 5.75 Å². The second kappa shape index (κ2) is 3.49. The Kier molecular flexibility index (Phi) is 2.74. The first kappa shape index (κ1) is 10.2. The quantitative estimate of drug-likeness (QED) is 0.430. The van der Waals surface area contributed by atoms with Crippen molar-refractivity contribution in [2.24, 2.45) is 0 Å². The first-order chi connectivity index (χ1) is 6.00. The fourth-order valence-corrected chi connectivity index (χ4v) is 0.937. The van der Waals surface area contributed by atoms with E-state index in [2.05, 4.69) is 20.1 Å². The molecule has 0 aromatic heterocycles. The highest BCUT2D eigenvalue weighted by atomic mass is 79.9. The zero-order valence-corrected chi connectivity index (χ0v) is 7.26. The van der Waals surface area contributed by atoms with Crippen molar-refractivity contribution in [3.05, 3.63) is 29.1 Å². The average Bonchev–Trinajstić information content (AvgIpc) is 2.13. The molecule has 1 nitrogen and oxygen atoms in total. The van der Waals surface area contributed by atoms with Crippen LogP contribution in [0.1, 0.15) is 0 Å². The summed E-state index contributed by atoms with van der Waals surface area (Å²) in [6.45, 7) is 0. The normalized spacial score (nSPS) is 10.3. The molecule has 0 bridgehead atoms. The van der Waals surface area contributed by atoms with Crippen molar-refractivity contribution in [3.63, 3.8) is 0 Å². The van der Waals surface area contributed by atoms with Crippen molar-refractivity contribution in [1.29, 1.82) is 0 Å². The Morgan fingerprint density at radius 2 is 1.00 bits per heavy atom. The summed E-state index contributed by atoms with van der Waals surface area (Å²) in [7, 11) is 0. The first-order valence-corrected chi connectivity index (χ1v) is 3.45. The summed E-state index contributed by atoms with van der Waals surface area (Å²) < 4.78 is 65.9. The molecule has 0 atom stereocenters. The second-order valence-corrected chi connectivity index (χ2v) is 2.30. The van der Waals surface area contributed by atoms with Crippen LogP contribution >= 0.6 is 16.3 Å². The SMILES string of the molecule is Fc1c(F)c(F)c(OBr)c(F)c1F. The van der Waals surface area contributed by atoms with Gasteiger partial charge < -0.3 is 3.83 Å². The van der Waals surface area contributed by atoms with Gasteiger partial charge in [0.25, 0.3) is 0 Å². The van der Waals surface area contributed by atoms with Crippen LogP contribution in [0.25, 0.3) is 0 Å². The molecule has 0 radical (unpaired) electrons. The highest BCUT2D eigenvalue weighted by molar-refractivity contribution is 9.06. The van der Waals surface area contributed by atoms with Crippen LogP contribution in [0.2, 0.25) is 0 Å². The molecule has 0 heterocycles. The van der Waals surface area contributed by atoms with Crippen LogP contribution < -0.4 is 3.83 Å². The monoisotopic (exact) mass is 262 g/mol. The van der Waals surface area contributed by atoms with E-state index in [0.717, 1.165) is 0 Å². The molecule has 0 spiro atoms. The summed E-state index contributed by atoms with van der Waals surface area (Å²) >= 11 is 2.12. The molecule has 13 heavy (non-hydrogen) atoms.